The maximum absolute atomic E-state index is 13.5. The summed E-state index contributed by atoms with van der Waals surface area (Å²) in [4.78, 5) is 138. The molecule has 128 heavy (non-hydrogen) atoms. The fourth-order valence-electron chi connectivity index (χ4n) is 14.9. The first kappa shape index (κ1) is 110. The Bertz CT molecular complexity index is 3520. The van der Waals surface area contributed by atoms with Gasteiger partial charge in [-0.25, -0.2) is 9.25 Å². The fourth-order valence-corrected chi connectivity index (χ4v) is 15.4. The van der Waals surface area contributed by atoms with Crippen molar-refractivity contribution in [3.63, 3.8) is 0 Å². The lowest BCUT2D eigenvalue weighted by Crippen LogP contribution is -2.64. The minimum absolute atomic E-state index is 0.0628. The summed E-state index contributed by atoms with van der Waals surface area (Å²) in [6.07, 6.45) is -9.43. The number of carbonyl (C=O) groups is 10. The molecule has 0 saturated carbocycles. The summed E-state index contributed by atoms with van der Waals surface area (Å²) in [6, 6.07) is -3.89. The molecule has 48 heteroatoms. The number of aliphatic hydroxyl groups excluding tert-OH is 10. The van der Waals surface area contributed by atoms with Gasteiger partial charge >= 0.3 is 7.82 Å². The molecule has 1 aromatic rings. The second-order valence-electron chi connectivity index (χ2n) is 32.2. The Hall–Kier alpha value is -6.85. The third kappa shape index (κ3) is 40.3. The van der Waals surface area contributed by atoms with Crippen molar-refractivity contribution in [2.24, 2.45) is 0 Å². The number of aliphatic hydroxyl groups is 10. The number of nitrogens with one attached hydrogen (secondary N) is 9. The van der Waals surface area contributed by atoms with Crippen molar-refractivity contribution in [1.29, 1.82) is 0 Å². The van der Waals surface area contributed by atoms with E-state index in [1.165, 1.54) is 25.7 Å². The van der Waals surface area contributed by atoms with Crippen molar-refractivity contribution in [3.05, 3.63) is 11.9 Å². The van der Waals surface area contributed by atoms with Gasteiger partial charge in [-0.05, 0) is 83.5 Å². The Morgan fingerprint density at radius 2 is 0.828 bits per heavy atom. The maximum Gasteiger partial charge on any atom is 0.471 e. The third-order valence-corrected chi connectivity index (χ3v) is 22.8. The van der Waals surface area contributed by atoms with Crippen LogP contribution in [0.15, 0.2) is 6.20 Å². The molecule has 734 valence electrons. The number of phosphoric ester groups is 1. The van der Waals surface area contributed by atoms with Crippen molar-refractivity contribution in [1.82, 2.24) is 67.7 Å². The van der Waals surface area contributed by atoms with Gasteiger partial charge in [0.1, 0.15) is 97.5 Å². The normalized spacial score (nSPS) is 27.5. The van der Waals surface area contributed by atoms with Gasteiger partial charge in [-0.15, -0.1) is 5.10 Å². The van der Waals surface area contributed by atoms with Gasteiger partial charge in [0.2, 0.25) is 59.1 Å². The van der Waals surface area contributed by atoms with Crippen LogP contribution in [0, 0.1) is 0 Å². The standard InChI is InChI=1S/C80H140N13O34P/c1-49(97)87-67-73(111)70(108)56(44-94)125-78(67)120-34-14-11-21-60(101)81-28-17-31-84-63(104)25-37-117-59-48-123-55(43-92-41-52(90-91-92)20-9-7-5-6-8-10-24-66(107)93-42-54(100)40-53(93)47-124-128(114,115)116-4)76(118-38-26-64(105)85-32-18-29-82-61(102)22-12-15-35-121-79-68(88-50(2)98)74(112)71(109)57(45-95)126-79)77(59)119-39-27-65(106)86-33-19-30-83-62(103)23-13-16-36-122-80-69(89-51(3)99)75(113)72(110)58(46-96)127-80/h41,53-59,67-80,94-96,100,108-113H,5-40,42-48H2,1-4H3,(H,81,101)(H,82,102)(H,83,103)(H,84,104)(H,85,105)(H,86,106)(H,87,97)(H,88,98)(H,89,99)(H,114,115)/t53-,54+,55+,56+,57+,58+,59-,67+,68+,69+,70-,71-,72-,73+,74+,75+,76+,77+,78+,79+,80+/m0/s1. The summed E-state index contributed by atoms with van der Waals surface area (Å²) in [5, 5.41) is 135. The predicted molar refractivity (Wildman–Crippen MR) is 445 cm³/mol. The summed E-state index contributed by atoms with van der Waals surface area (Å²) in [7, 11) is -3.23. The van der Waals surface area contributed by atoms with Gasteiger partial charge in [-0.2, -0.15) is 0 Å². The molecule has 5 aliphatic rings. The Kier molecular flexibility index (Phi) is 51.8. The van der Waals surface area contributed by atoms with Crippen molar-refractivity contribution in [2.45, 2.75) is 310 Å². The summed E-state index contributed by atoms with van der Waals surface area (Å²) in [5.74, 6) is -3.63. The zero-order chi connectivity index (χ0) is 93.5. The molecule has 6 heterocycles. The van der Waals surface area contributed by atoms with Crippen LogP contribution in [0.25, 0.3) is 0 Å². The molecule has 6 rings (SSSR count). The van der Waals surface area contributed by atoms with Gasteiger partial charge < -0.3 is 156 Å². The van der Waals surface area contributed by atoms with Crippen molar-refractivity contribution in [3.8, 4) is 0 Å². The van der Waals surface area contributed by atoms with Crippen LogP contribution in [-0.4, -0.2) is 389 Å². The van der Waals surface area contributed by atoms with Crippen LogP contribution in [0.4, 0.5) is 0 Å². The van der Waals surface area contributed by atoms with E-state index in [1.807, 2.05) is 0 Å². The molecule has 0 bridgehead atoms. The molecule has 10 amide bonds. The van der Waals surface area contributed by atoms with E-state index >= 15 is 0 Å². The highest BCUT2D eigenvalue weighted by Gasteiger charge is 2.49. The average molecular weight is 1860 g/mol. The third-order valence-electron chi connectivity index (χ3n) is 21.9. The molecule has 0 aliphatic carbocycles. The molecule has 0 spiro atoms. The molecular formula is C80H140N13O34P. The molecule has 5 saturated heterocycles. The van der Waals surface area contributed by atoms with Crippen molar-refractivity contribution < 1.29 is 165 Å². The van der Waals surface area contributed by atoms with E-state index in [0.29, 0.717) is 76.3 Å². The smallest absolute Gasteiger partial charge is 0.394 e. The number of nitrogens with zero attached hydrogens (tertiary/aromatic N) is 4. The molecule has 47 nitrogen and oxygen atoms in total. The predicted octanol–water partition coefficient (Wildman–Crippen LogP) is -5.74. The zero-order valence-corrected chi connectivity index (χ0v) is 74.5. The average Bonchev–Trinajstić information content (AvgIpc) is 1.79. The van der Waals surface area contributed by atoms with Crippen LogP contribution in [0.2, 0.25) is 0 Å². The maximum atomic E-state index is 13.5. The second-order valence-corrected chi connectivity index (χ2v) is 33.8. The van der Waals surface area contributed by atoms with Crippen LogP contribution in [-0.2, 0) is 122 Å². The summed E-state index contributed by atoms with van der Waals surface area (Å²) in [5.41, 5.74) is 0.691. The van der Waals surface area contributed by atoms with Crippen LogP contribution < -0.4 is 47.9 Å². The molecule has 1 unspecified atom stereocenters. The number of carbonyl (C=O) groups excluding carboxylic acids is 10. The summed E-state index contributed by atoms with van der Waals surface area (Å²) < 4.78 is 82.9. The number of ether oxygens (including phenoxy) is 10. The number of rotatable bonds is 63. The number of phosphoric acid groups is 1. The Balaban J connectivity index is 1.02. The number of amides is 10. The molecule has 22 atom stereocenters. The first-order valence-electron chi connectivity index (χ1n) is 44.4. The number of β-amino-alcohol motifs (C(OH)–C–C–N with tert-alkyl or cyclic N) is 1. The van der Waals surface area contributed by atoms with Gasteiger partial charge in [0.25, 0.3) is 0 Å². The lowest BCUT2D eigenvalue weighted by Gasteiger charge is -2.42. The quantitative estimate of drug-likeness (QED) is 0.0213. The minimum atomic E-state index is -4.27. The van der Waals surface area contributed by atoms with Crippen molar-refractivity contribution >= 4 is 66.9 Å². The number of aromatic nitrogens is 3. The number of likely N-dealkylation sites (tertiary alicyclic amines) is 1. The monoisotopic (exact) mass is 1860 g/mol. The Morgan fingerprint density at radius 3 is 1.23 bits per heavy atom. The SMILES string of the molecule is COP(=O)(O)OC[C@@H]1C[C@@H](O)CN1C(=O)CCCCCCCCc1cn(C[C@H]2OC[C@H](OCCC(=O)NCCCNC(=O)CCCCO[C@@H]3O[C@H](CO)[C@H](O)[C@H](O)[C@H]3NC(C)=O)[C@@H](OCCC(=O)NCCCNC(=O)CCCCO[C@@H]3O[C@H](CO)[C@H](O)[C@H](O)[C@H]3NC(C)=O)[C@@H]2OCCC(=O)NCCCNC(=O)CCCCO[C@@H]2O[C@H](CO)[C@H](O)[C@H](O)[C@H]2NC(C)=O)nn1. The minimum Gasteiger partial charge on any atom is -0.394 e. The molecule has 1 aromatic heterocycles. The topological polar surface area (TPSA) is 663 Å². The first-order valence-corrected chi connectivity index (χ1v) is 45.8. The van der Waals surface area contributed by atoms with Gasteiger partial charge in [0.15, 0.2) is 18.9 Å². The molecule has 0 aromatic carbocycles. The van der Waals surface area contributed by atoms with Gasteiger partial charge in [-0.3, -0.25) is 57.0 Å². The summed E-state index contributed by atoms with van der Waals surface area (Å²) >= 11 is 0. The lowest BCUT2D eigenvalue weighted by molar-refractivity contribution is -0.270. The van der Waals surface area contributed by atoms with E-state index < -0.39 is 186 Å². The lowest BCUT2D eigenvalue weighted by atomic mass is 9.97. The number of hydrogen-bond donors (Lipinski definition) is 20. The highest BCUT2D eigenvalue weighted by molar-refractivity contribution is 7.47. The van der Waals surface area contributed by atoms with E-state index in [9.17, 15) is 108 Å². The molecule has 20 N–H and O–H groups in total. The van der Waals surface area contributed by atoms with E-state index in [2.05, 4.69) is 62.7 Å². The number of hydrogen-bond acceptors (Lipinski definition) is 35. The van der Waals surface area contributed by atoms with Crippen LogP contribution in [0.1, 0.15) is 174 Å². The zero-order valence-electron chi connectivity index (χ0n) is 73.7. The molecule has 0 radical (unpaired) electrons. The first-order chi connectivity index (χ1) is 61.3. The van der Waals surface area contributed by atoms with Gasteiger partial charge in [-0.1, -0.05) is 30.9 Å². The molecule has 5 fully saturated rings. The van der Waals surface area contributed by atoms with Crippen LogP contribution in [0.3, 0.4) is 0 Å². The van der Waals surface area contributed by atoms with E-state index in [-0.39, 0.29) is 186 Å². The Morgan fingerprint density at radius 1 is 0.453 bits per heavy atom. The van der Waals surface area contributed by atoms with Gasteiger partial charge in [0.05, 0.1) is 77.2 Å². The fraction of sp³-hybridized carbons (Fsp3) is 0.850. The molecule has 5 aliphatic heterocycles. The van der Waals surface area contributed by atoms with E-state index in [4.69, 9.17) is 51.9 Å². The van der Waals surface area contributed by atoms with Crippen molar-refractivity contribution in [2.75, 3.05) is 126 Å². The Labute approximate surface area is 744 Å². The summed E-state index contributed by atoms with van der Waals surface area (Å²) in [6.45, 7) is 2.64. The van der Waals surface area contributed by atoms with Gasteiger partial charge in [0, 0.05) is 145 Å². The highest BCUT2D eigenvalue weighted by atomic mass is 31.2. The van der Waals surface area contributed by atoms with Crippen LogP contribution in [0.5, 0.6) is 0 Å². The number of unbranched alkanes of at least 4 members (excludes halogenated alkanes) is 8. The molecular weight excluding hydrogens is 1720 g/mol. The van der Waals surface area contributed by atoms with E-state index in [1.54, 1.807) is 10.9 Å². The van der Waals surface area contributed by atoms with E-state index in [0.717, 1.165) is 39.2 Å². The number of aryl methyl sites for hydroxylation is 1. The largest absolute Gasteiger partial charge is 0.471 e. The van der Waals surface area contributed by atoms with Crippen LogP contribution >= 0.6 is 7.82 Å². The highest BCUT2D eigenvalue weighted by Crippen LogP contribution is 2.43. The second kappa shape index (κ2) is 60.3.